The molecule has 0 aromatic heterocycles. The van der Waals surface area contributed by atoms with E-state index in [4.69, 9.17) is 11.6 Å². The van der Waals surface area contributed by atoms with E-state index in [0.29, 0.717) is 0 Å². The van der Waals surface area contributed by atoms with E-state index in [0.717, 1.165) is 18.4 Å². The fraction of sp³-hybridized carbons (Fsp3) is 0.500. The fourth-order valence-corrected chi connectivity index (χ4v) is 1.72. The molecule has 0 saturated heterocycles. The molecule has 0 aliphatic heterocycles. The van der Waals surface area contributed by atoms with E-state index < -0.39 is 17.7 Å². The molecule has 0 radical (unpaired) electrons. The molecule has 0 aliphatic carbocycles. The molecule has 1 rings (SSSR count). The maximum absolute atomic E-state index is 13.0. The molecule has 1 atom stereocenters. The third kappa shape index (κ3) is 3.35. The SMILES string of the molecule is CCCc1ccc(C(Cl)C(F)(F)C(F)F)cc1. The Morgan fingerprint density at radius 3 is 2.12 bits per heavy atom. The molecule has 96 valence electrons. The maximum Gasteiger partial charge on any atom is 0.327 e. The fourth-order valence-electron chi connectivity index (χ4n) is 1.47. The molecule has 0 fully saturated rings. The highest BCUT2D eigenvalue weighted by molar-refractivity contribution is 6.21. The summed E-state index contributed by atoms with van der Waals surface area (Å²) in [6, 6.07) is 6.02. The number of alkyl halides is 5. The molecule has 0 aliphatic rings. The normalized spacial score (nSPS) is 14.1. The van der Waals surface area contributed by atoms with Crippen molar-refractivity contribution in [2.24, 2.45) is 0 Å². The van der Waals surface area contributed by atoms with Gasteiger partial charge in [0.1, 0.15) is 5.38 Å². The first-order chi connectivity index (χ1) is 7.89. The molecule has 0 amide bonds. The van der Waals surface area contributed by atoms with Gasteiger partial charge in [-0.15, -0.1) is 11.6 Å². The molecule has 1 aromatic carbocycles. The smallest absolute Gasteiger partial charge is 0.204 e. The average molecular weight is 269 g/mol. The summed E-state index contributed by atoms with van der Waals surface area (Å²) >= 11 is 5.39. The van der Waals surface area contributed by atoms with Gasteiger partial charge in [-0.2, -0.15) is 8.78 Å². The highest BCUT2D eigenvalue weighted by atomic mass is 35.5. The van der Waals surface area contributed by atoms with Gasteiger partial charge in [0.25, 0.3) is 0 Å². The predicted molar refractivity (Wildman–Crippen MR) is 60.0 cm³/mol. The number of aryl methyl sites for hydroxylation is 1. The van der Waals surface area contributed by atoms with Crippen LogP contribution in [0.15, 0.2) is 24.3 Å². The van der Waals surface area contributed by atoms with Crippen molar-refractivity contribution >= 4 is 11.6 Å². The van der Waals surface area contributed by atoms with Gasteiger partial charge in [-0.3, -0.25) is 0 Å². The number of hydrogen-bond donors (Lipinski definition) is 0. The van der Waals surface area contributed by atoms with Gasteiger partial charge in [0, 0.05) is 0 Å². The van der Waals surface area contributed by atoms with Crippen molar-refractivity contribution in [2.45, 2.75) is 37.5 Å². The van der Waals surface area contributed by atoms with E-state index in [2.05, 4.69) is 0 Å². The zero-order valence-corrected chi connectivity index (χ0v) is 10.0. The summed E-state index contributed by atoms with van der Waals surface area (Å²) in [6.45, 7) is 1.99. The van der Waals surface area contributed by atoms with Crippen LogP contribution in [0.1, 0.15) is 29.8 Å². The van der Waals surface area contributed by atoms with Crippen molar-refractivity contribution < 1.29 is 17.6 Å². The van der Waals surface area contributed by atoms with Gasteiger partial charge < -0.3 is 0 Å². The van der Waals surface area contributed by atoms with Crippen LogP contribution < -0.4 is 0 Å². The Hall–Kier alpha value is -0.770. The van der Waals surface area contributed by atoms with E-state index in [-0.39, 0.29) is 5.56 Å². The summed E-state index contributed by atoms with van der Waals surface area (Å²) in [5.74, 6) is -4.21. The summed E-state index contributed by atoms with van der Waals surface area (Å²) in [7, 11) is 0. The Bertz CT molecular complexity index is 348. The first-order valence-electron chi connectivity index (χ1n) is 5.28. The summed E-state index contributed by atoms with van der Waals surface area (Å²) in [5.41, 5.74) is 0.984. The van der Waals surface area contributed by atoms with E-state index in [1.54, 1.807) is 12.1 Å². The van der Waals surface area contributed by atoms with Crippen molar-refractivity contribution in [3.05, 3.63) is 35.4 Å². The lowest BCUT2D eigenvalue weighted by atomic mass is 10.0. The van der Waals surface area contributed by atoms with Gasteiger partial charge in [-0.1, -0.05) is 37.6 Å². The molecule has 1 aromatic rings. The zero-order chi connectivity index (χ0) is 13.1. The molecule has 5 heteroatoms. The van der Waals surface area contributed by atoms with Gasteiger partial charge in [0.05, 0.1) is 0 Å². The summed E-state index contributed by atoms with van der Waals surface area (Å²) in [6.07, 6.45) is -2.02. The third-order valence-electron chi connectivity index (χ3n) is 2.44. The van der Waals surface area contributed by atoms with Gasteiger partial charge in [-0.05, 0) is 17.5 Å². The number of rotatable bonds is 5. The number of hydrogen-bond acceptors (Lipinski definition) is 0. The molecule has 0 heterocycles. The zero-order valence-electron chi connectivity index (χ0n) is 9.27. The topological polar surface area (TPSA) is 0 Å². The molecule has 0 N–H and O–H groups in total. The lowest BCUT2D eigenvalue weighted by Gasteiger charge is -2.21. The van der Waals surface area contributed by atoms with E-state index >= 15 is 0 Å². The lowest BCUT2D eigenvalue weighted by Crippen LogP contribution is -2.31. The largest absolute Gasteiger partial charge is 0.327 e. The molecule has 1 unspecified atom stereocenters. The summed E-state index contributed by atoms with van der Waals surface area (Å²) < 4.78 is 50.2. The Balaban J connectivity index is 2.86. The standard InChI is InChI=1S/C12H13ClF4/c1-2-3-8-4-6-9(7-5-8)10(13)12(16,17)11(14)15/h4-7,10-11H,2-3H2,1H3. The third-order valence-corrected chi connectivity index (χ3v) is 2.98. The average Bonchev–Trinajstić information content (AvgIpc) is 2.29. The second-order valence-corrected chi connectivity index (χ2v) is 4.27. The monoisotopic (exact) mass is 268 g/mol. The van der Waals surface area contributed by atoms with Crippen LogP contribution in [0.5, 0.6) is 0 Å². The Kier molecular flexibility index (Phi) is 4.80. The van der Waals surface area contributed by atoms with Gasteiger partial charge >= 0.3 is 12.3 Å². The van der Waals surface area contributed by atoms with Crippen LogP contribution in [-0.4, -0.2) is 12.3 Å². The van der Waals surface area contributed by atoms with Crippen LogP contribution in [-0.2, 0) is 6.42 Å². The Morgan fingerprint density at radius 1 is 1.18 bits per heavy atom. The van der Waals surface area contributed by atoms with E-state index in [1.165, 1.54) is 12.1 Å². The van der Waals surface area contributed by atoms with Crippen molar-refractivity contribution in [3.8, 4) is 0 Å². The molecule has 0 bridgehead atoms. The minimum Gasteiger partial charge on any atom is -0.204 e. The van der Waals surface area contributed by atoms with Gasteiger partial charge in [0.15, 0.2) is 0 Å². The summed E-state index contributed by atoms with van der Waals surface area (Å²) in [4.78, 5) is 0. The predicted octanol–water partition coefficient (Wildman–Crippen LogP) is 4.82. The van der Waals surface area contributed by atoms with E-state index in [9.17, 15) is 17.6 Å². The second kappa shape index (κ2) is 5.71. The van der Waals surface area contributed by atoms with Crippen LogP contribution in [0, 0.1) is 0 Å². The van der Waals surface area contributed by atoms with Crippen molar-refractivity contribution in [2.75, 3.05) is 0 Å². The highest BCUT2D eigenvalue weighted by Crippen LogP contribution is 2.41. The van der Waals surface area contributed by atoms with Crippen LogP contribution >= 0.6 is 11.6 Å². The molecule has 0 saturated carbocycles. The molecule has 0 spiro atoms. The van der Waals surface area contributed by atoms with Crippen molar-refractivity contribution in [1.82, 2.24) is 0 Å². The van der Waals surface area contributed by atoms with Crippen molar-refractivity contribution in [1.29, 1.82) is 0 Å². The molecule has 17 heavy (non-hydrogen) atoms. The van der Waals surface area contributed by atoms with Crippen LogP contribution in [0.2, 0.25) is 0 Å². The molecular formula is C12H13ClF4. The first kappa shape index (κ1) is 14.3. The minimum absolute atomic E-state index is 0.0109. The van der Waals surface area contributed by atoms with Crippen LogP contribution in [0.4, 0.5) is 17.6 Å². The van der Waals surface area contributed by atoms with Crippen LogP contribution in [0.3, 0.4) is 0 Å². The van der Waals surface area contributed by atoms with Gasteiger partial charge in [0.2, 0.25) is 0 Å². The first-order valence-corrected chi connectivity index (χ1v) is 5.72. The van der Waals surface area contributed by atoms with Crippen molar-refractivity contribution in [3.63, 3.8) is 0 Å². The Labute approximate surface area is 103 Å². The Morgan fingerprint density at radius 2 is 1.71 bits per heavy atom. The second-order valence-electron chi connectivity index (χ2n) is 3.83. The quantitative estimate of drug-likeness (QED) is 0.530. The maximum atomic E-state index is 13.0. The minimum atomic E-state index is -4.21. The molecular weight excluding hydrogens is 256 g/mol. The lowest BCUT2D eigenvalue weighted by molar-refractivity contribution is -0.130. The van der Waals surface area contributed by atoms with E-state index in [1.807, 2.05) is 6.92 Å². The highest BCUT2D eigenvalue weighted by Gasteiger charge is 2.48. The number of halogens is 5. The molecule has 0 nitrogen and oxygen atoms in total. The van der Waals surface area contributed by atoms with Crippen LogP contribution in [0.25, 0.3) is 0 Å². The summed E-state index contributed by atoms with van der Waals surface area (Å²) in [5, 5.41) is -2.00. The number of benzene rings is 1. The van der Waals surface area contributed by atoms with Gasteiger partial charge in [-0.25, -0.2) is 8.78 Å².